The van der Waals surface area contributed by atoms with Crippen LogP contribution in [0, 0.1) is 11.3 Å². The number of amides is 1. The van der Waals surface area contributed by atoms with Crippen LogP contribution in [0.5, 0.6) is 11.5 Å². The first-order chi connectivity index (χ1) is 15.1. The topological polar surface area (TPSA) is 102 Å². The third-order valence-corrected chi connectivity index (χ3v) is 5.52. The summed E-state index contributed by atoms with van der Waals surface area (Å²) in [6.45, 7) is 2.71. The van der Waals surface area contributed by atoms with Crippen molar-refractivity contribution in [3.63, 3.8) is 0 Å². The molecule has 1 amide bonds. The molecular weight excluding hydrogens is 414 g/mol. The van der Waals surface area contributed by atoms with Crippen LogP contribution in [0.2, 0.25) is 0 Å². The molecule has 160 valence electrons. The van der Waals surface area contributed by atoms with Crippen molar-refractivity contribution in [1.29, 1.82) is 5.26 Å². The van der Waals surface area contributed by atoms with Gasteiger partial charge in [-0.3, -0.25) is 4.79 Å². The molecule has 1 aromatic heterocycles. The molecule has 0 aliphatic heterocycles. The molecule has 3 rings (SSSR count). The van der Waals surface area contributed by atoms with Crippen molar-refractivity contribution in [3.8, 4) is 17.6 Å². The fraction of sp³-hybridized carbons (Fsp3) is 0.273. The molecule has 0 atom stereocenters. The Labute approximate surface area is 185 Å². The van der Waals surface area contributed by atoms with Gasteiger partial charge < -0.3 is 19.4 Å². The maximum atomic E-state index is 12.3. The molecule has 1 N–H and O–H groups in total. The van der Waals surface area contributed by atoms with Gasteiger partial charge in [0.15, 0.2) is 16.7 Å². The Bertz CT molecular complexity index is 1090. The largest absolute Gasteiger partial charge is 0.493 e. The van der Waals surface area contributed by atoms with Crippen molar-refractivity contribution in [2.24, 2.45) is 0 Å². The van der Waals surface area contributed by atoms with Gasteiger partial charge in [-0.05, 0) is 48.9 Å². The predicted molar refractivity (Wildman–Crippen MR) is 119 cm³/mol. The van der Waals surface area contributed by atoms with E-state index in [1.165, 1.54) is 11.8 Å². The van der Waals surface area contributed by atoms with Crippen molar-refractivity contribution in [3.05, 3.63) is 59.4 Å². The summed E-state index contributed by atoms with van der Waals surface area (Å²) in [7, 11) is 3.21. The third-order valence-electron chi connectivity index (χ3n) is 4.55. The number of hydrogen-bond donors (Lipinski definition) is 1. The van der Waals surface area contributed by atoms with E-state index in [4.69, 9.17) is 14.7 Å². The van der Waals surface area contributed by atoms with Gasteiger partial charge in [0.25, 0.3) is 0 Å². The summed E-state index contributed by atoms with van der Waals surface area (Å²) < 4.78 is 12.7. The second kappa shape index (κ2) is 10.5. The van der Waals surface area contributed by atoms with E-state index in [0.29, 0.717) is 40.9 Å². The Morgan fingerprint density at radius 2 is 1.87 bits per heavy atom. The molecule has 0 aliphatic rings. The van der Waals surface area contributed by atoms with Gasteiger partial charge in [0.05, 0.1) is 31.6 Å². The number of carbonyl (C=O) groups excluding carboxylic acids is 1. The smallest absolute Gasteiger partial charge is 0.234 e. The van der Waals surface area contributed by atoms with Crippen molar-refractivity contribution >= 4 is 23.4 Å². The molecule has 0 fully saturated rings. The zero-order valence-corrected chi connectivity index (χ0v) is 18.4. The molecule has 3 aromatic rings. The highest BCUT2D eigenvalue weighted by molar-refractivity contribution is 7.99. The maximum absolute atomic E-state index is 12.3. The van der Waals surface area contributed by atoms with Gasteiger partial charge in [-0.15, -0.1) is 10.2 Å². The van der Waals surface area contributed by atoms with Crippen LogP contribution in [0.4, 0.5) is 5.69 Å². The van der Waals surface area contributed by atoms with Crippen LogP contribution in [0.15, 0.2) is 47.6 Å². The van der Waals surface area contributed by atoms with Crippen LogP contribution in [-0.4, -0.2) is 40.6 Å². The first kappa shape index (κ1) is 22.2. The van der Waals surface area contributed by atoms with Crippen LogP contribution in [0.3, 0.4) is 0 Å². The molecule has 0 saturated carbocycles. The predicted octanol–water partition coefficient (Wildman–Crippen LogP) is 3.51. The van der Waals surface area contributed by atoms with Gasteiger partial charge in [-0.25, -0.2) is 0 Å². The number of thioether (sulfide) groups is 1. The number of nitrogens with zero attached hydrogens (tertiary/aromatic N) is 4. The number of benzene rings is 2. The Balaban J connectivity index is 1.64. The summed E-state index contributed by atoms with van der Waals surface area (Å²) >= 11 is 1.33. The molecule has 2 aromatic carbocycles. The number of anilines is 1. The van der Waals surface area contributed by atoms with Crippen LogP contribution in [0.25, 0.3) is 0 Å². The quantitative estimate of drug-likeness (QED) is 0.511. The average molecular weight is 438 g/mol. The summed E-state index contributed by atoms with van der Waals surface area (Å²) in [6.07, 6.45) is 0.583. The zero-order chi connectivity index (χ0) is 22.2. The fourth-order valence-corrected chi connectivity index (χ4v) is 3.82. The van der Waals surface area contributed by atoms with E-state index in [0.717, 1.165) is 11.4 Å². The lowest BCUT2D eigenvalue weighted by molar-refractivity contribution is -0.113. The lowest BCUT2D eigenvalue weighted by Crippen LogP contribution is -2.14. The van der Waals surface area contributed by atoms with Crippen molar-refractivity contribution < 1.29 is 14.3 Å². The molecule has 0 radical (unpaired) electrons. The van der Waals surface area contributed by atoms with E-state index in [1.807, 2.05) is 29.7 Å². The Morgan fingerprint density at radius 1 is 1.13 bits per heavy atom. The minimum absolute atomic E-state index is 0.151. The van der Waals surface area contributed by atoms with Gasteiger partial charge in [0.1, 0.15) is 5.82 Å². The van der Waals surface area contributed by atoms with Crippen molar-refractivity contribution in [1.82, 2.24) is 14.8 Å². The summed E-state index contributed by atoms with van der Waals surface area (Å²) in [5.74, 6) is 2.20. The number of aromatic nitrogens is 3. The van der Waals surface area contributed by atoms with E-state index in [-0.39, 0.29) is 11.7 Å². The van der Waals surface area contributed by atoms with E-state index < -0.39 is 0 Å². The Hall–Kier alpha value is -3.51. The highest BCUT2D eigenvalue weighted by atomic mass is 32.2. The molecular formula is C22H23N5O3S. The summed E-state index contributed by atoms with van der Waals surface area (Å²) in [5.41, 5.74) is 2.22. The van der Waals surface area contributed by atoms with Gasteiger partial charge >= 0.3 is 0 Å². The third kappa shape index (κ3) is 5.55. The molecule has 8 nitrogen and oxygen atoms in total. The Kier molecular flexibility index (Phi) is 7.51. The van der Waals surface area contributed by atoms with E-state index in [2.05, 4.69) is 21.6 Å². The van der Waals surface area contributed by atoms with Crippen LogP contribution >= 0.6 is 11.8 Å². The van der Waals surface area contributed by atoms with Crippen LogP contribution < -0.4 is 14.8 Å². The zero-order valence-electron chi connectivity index (χ0n) is 17.6. The molecule has 0 aliphatic carbocycles. The molecule has 1 heterocycles. The monoisotopic (exact) mass is 437 g/mol. The average Bonchev–Trinajstić information content (AvgIpc) is 3.19. The van der Waals surface area contributed by atoms with Crippen molar-refractivity contribution in [2.75, 3.05) is 25.3 Å². The first-order valence-electron chi connectivity index (χ1n) is 9.63. The number of nitrogens with one attached hydrogen (secondary N) is 1. The van der Waals surface area contributed by atoms with E-state index in [9.17, 15) is 4.79 Å². The Morgan fingerprint density at radius 3 is 2.52 bits per heavy atom. The van der Waals surface area contributed by atoms with E-state index in [1.54, 1.807) is 38.5 Å². The van der Waals surface area contributed by atoms with Gasteiger partial charge in [-0.2, -0.15) is 5.26 Å². The second-order valence-corrected chi connectivity index (χ2v) is 7.48. The summed E-state index contributed by atoms with van der Waals surface area (Å²) in [6, 6.07) is 14.5. The lowest BCUT2D eigenvalue weighted by atomic mass is 10.1. The van der Waals surface area contributed by atoms with Crippen LogP contribution in [0.1, 0.15) is 23.9 Å². The van der Waals surface area contributed by atoms with Crippen molar-refractivity contribution in [2.45, 2.75) is 25.0 Å². The lowest BCUT2D eigenvalue weighted by Gasteiger charge is -2.10. The van der Waals surface area contributed by atoms with Gasteiger partial charge in [0, 0.05) is 18.7 Å². The molecule has 0 bridgehead atoms. The minimum atomic E-state index is -0.151. The molecule has 0 saturated heterocycles. The molecule has 0 spiro atoms. The van der Waals surface area contributed by atoms with E-state index >= 15 is 0 Å². The fourth-order valence-electron chi connectivity index (χ4n) is 3.00. The number of carbonyl (C=O) groups is 1. The highest BCUT2D eigenvalue weighted by Gasteiger charge is 2.15. The molecule has 0 unspecified atom stereocenters. The second-order valence-electron chi connectivity index (χ2n) is 6.54. The highest BCUT2D eigenvalue weighted by Crippen LogP contribution is 2.28. The number of hydrogen-bond acceptors (Lipinski definition) is 7. The molecule has 9 heteroatoms. The number of nitriles is 1. The standard InChI is InChI=1S/C22H23N5O3S/c1-4-27-20(12-16-7-10-18(29-2)19(11-16)30-3)25-26-22(27)31-14-21(28)24-17-8-5-15(13-23)6-9-17/h5-11H,4,12,14H2,1-3H3,(H,24,28). The minimum Gasteiger partial charge on any atom is -0.493 e. The maximum Gasteiger partial charge on any atom is 0.234 e. The SMILES string of the molecule is CCn1c(Cc2ccc(OC)c(OC)c2)nnc1SCC(=O)Nc1ccc(C#N)cc1. The number of rotatable bonds is 9. The van der Waals surface area contributed by atoms with Crippen LogP contribution in [-0.2, 0) is 17.8 Å². The number of ether oxygens (including phenoxy) is 2. The van der Waals surface area contributed by atoms with Gasteiger partial charge in [-0.1, -0.05) is 17.8 Å². The number of methoxy groups -OCH3 is 2. The summed E-state index contributed by atoms with van der Waals surface area (Å²) in [5, 5.41) is 20.9. The normalized spacial score (nSPS) is 10.4. The molecule has 31 heavy (non-hydrogen) atoms. The van der Waals surface area contributed by atoms with Gasteiger partial charge in [0.2, 0.25) is 5.91 Å². The first-order valence-corrected chi connectivity index (χ1v) is 10.6. The summed E-state index contributed by atoms with van der Waals surface area (Å²) in [4.78, 5) is 12.3.